The van der Waals surface area contributed by atoms with Crippen LogP contribution in [0.3, 0.4) is 0 Å². The van der Waals surface area contributed by atoms with Crippen LogP contribution in [0.5, 0.6) is 0 Å². The lowest BCUT2D eigenvalue weighted by Crippen LogP contribution is -2.48. The number of rotatable bonds is 3. The van der Waals surface area contributed by atoms with E-state index in [9.17, 15) is 14.9 Å². The number of hydrogen-bond acceptors (Lipinski definition) is 4. The molecule has 0 saturated carbocycles. The summed E-state index contributed by atoms with van der Waals surface area (Å²) in [5.41, 5.74) is 1.26. The summed E-state index contributed by atoms with van der Waals surface area (Å²) in [5.74, 6) is -0.0584. The summed E-state index contributed by atoms with van der Waals surface area (Å²) in [6.07, 6.45) is 0. The average molecular weight is 380 g/mol. The summed E-state index contributed by atoms with van der Waals surface area (Å²) in [5, 5.41) is 11.7. The lowest BCUT2D eigenvalue weighted by Gasteiger charge is -2.36. The Morgan fingerprint density at radius 2 is 1.76 bits per heavy atom. The van der Waals surface area contributed by atoms with Crippen LogP contribution >= 0.6 is 23.2 Å². The van der Waals surface area contributed by atoms with E-state index in [0.717, 1.165) is 5.69 Å². The number of amides is 1. The number of carbonyl (C=O) groups excluding carboxylic acids is 1. The van der Waals surface area contributed by atoms with Gasteiger partial charge in [0.05, 0.1) is 15.6 Å². The second-order valence-electron chi connectivity index (χ2n) is 5.68. The van der Waals surface area contributed by atoms with Crippen molar-refractivity contribution in [1.82, 2.24) is 4.90 Å². The Balaban J connectivity index is 1.68. The van der Waals surface area contributed by atoms with Crippen molar-refractivity contribution in [2.45, 2.75) is 0 Å². The Hall–Kier alpha value is -2.31. The molecule has 0 radical (unpaired) electrons. The zero-order chi connectivity index (χ0) is 18.0. The molecule has 1 amide bonds. The number of nitro benzene ring substituents is 1. The molecular formula is C17H15Cl2N3O3. The van der Waals surface area contributed by atoms with Crippen LogP contribution in [-0.4, -0.2) is 41.9 Å². The quantitative estimate of drug-likeness (QED) is 0.599. The van der Waals surface area contributed by atoms with Crippen molar-refractivity contribution in [1.29, 1.82) is 0 Å². The van der Waals surface area contributed by atoms with Gasteiger partial charge < -0.3 is 9.80 Å². The molecule has 0 bridgehead atoms. The van der Waals surface area contributed by atoms with Gasteiger partial charge >= 0.3 is 0 Å². The smallest absolute Gasteiger partial charge is 0.271 e. The van der Waals surface area contributed by atoms with Crippen LogP contribution in [0.4, 0.5) is 11.4 Å². The third kappa shape index (κ3) is 3.86. The molecule has 3 rings (SSSR count). The highest BCUT2D eigenvalue weighted by Crippen LogP contribution is 2.30. The van der Waals surface area contributed by atoms with Gasteiger partial charge in [-0.1, -0.05) is 29.3 Å². The van der Waals surface area contributed by atoms with Gasteiger partial charge in [-0.2, -0.15) is 0 Å². The molecule has 0 unspecified atom stereocenters. The molecule has 2 aromatic rings. The highest BCUT2D eigenvalue weighted by atomic mass is 35.5. The van der Waals surface area contributed by atoms with Gasteiger partial charge in [0, 0.05) is 48.9 Å². The van der Waals surface area contributed by atoms with Crippen LogP contribution in [0.15, 0.2) is 42.5 Å². The van der Waals surface area contributed by atoms with Gasteiger partial charge in [0.2, 0.25) is 0 Å². The van der Waals surface area contributed by atoms with E-state index in [0.29, 0.717) is 41.8 Å². The maximum absolute atomic E-state index is 12.5. The standard InChI is InChI=1S/C17H15Cl2N3O3/c18-13-3-1-2-12(10-13)17(23)21-8-6-20(7-9-21)16-5-4-14(22(24)25)11-15(16)19/h1-5,10-11H,6-9H2. The first-order chi connectivity index (χ1) is 12.0. The SMILES string of the molecule is O=C(c1cccc(Cl)c1)N1CCN(c2ccc([N+](=O)[O-])cc2Cl)CC1. The first-order valence-corrected chi connectivity index (χ1v) is 8.45. The Bertz CT molecular complexity index is 821. The number of halogens is 2. The molecule has 0 N–H and O–H groups in total. The third-order valence-corrected chi connectivity index (χ3v) is 4.66. The molecule has 1 fully saturated rings. The lowest BCUT2D eigenvalue weighted by atomic mass is 10.1. The molecular weight excluding hydrogens is 365 g/mol. The molecule has 1 saturated heterocycles. The molecule has 1 aliphatic heterocycles. The zero-order valence-corrected chi connectivity index (χ0v) is 14.7. The van der Waals surface area contributed by atoms with Crippen molar-refractivity contribution in [3.8, 4) is 0 Å². The fraction of sp³-hybridized carbons (Fsp3) is 0.235. The molecule has 130 valence electrons. The Kier molecular flexibility index (Phi) is 5.11. The zero-order valence-electron chi connectivity index (χ0n) is 13.2. The van der Waals surface area contributed by atoms with Gasteiger partial charge in [0.15, 0.2) is 0 Å². The second-order valence-corrected chi connectivity index (χ2v) is 6.53. The first-order valence-electron chi connectivity index (χ1n) is 7.69. The van der Waals surface area contributed by atoms with Crippen LogP contribution in [0.25, 0.3) is 0 Å². The number of nitrogens with zero attached hydrogens (tertiary/aromatic N) is 3. The number of nitro groups is 1. The van der Waals surface area contributed by atoms with E-state index in [1.165, 1.54) is 12.1 Å². The minimum Gasteiger partial charge on any atom is -0.367 e. The summed E-state index contributed by atoms with van der Waals surface area (Å²) in [7, 11) is 0. The van der Waals surface area contributed by atoms with E-state index in [1.807, 2.05) is 4.90 Å². The predicted molar refractivity (Wildman–Crippen MR) is 97.7 cm³/mol. The predicted octanol–water partition coefficient (Wildman–Crippen LogP) is 3.86. The Labute approximate surface area is 154 Å². The van der Waals surface area contributed by atoms with Crippen molar-refractivity contribution in [3.63, 3.8) is 0 Å². The summed E-state index contributed by atoms with van der Waals surface area (Å²) in [4.78, 5) is 26.6. The maximum Gasteiger partial charge on any atom is 0.271 e. The van der Waals surface area contributed by atoms with Crippen LogP contribution in [0.2, 0.25) is 10.0 Å². The molecule has 1 aliphatic rings. The summed E-state index contributed by atoms with van der Waals surface area (Å²) >= 11 is 12.1. The van der Waals surface area contributed by atoms with E-state index in [1.54, 1.807) is 35.2 Å². The lowest BCUT2D eigenvalue weighted by molar-refractivity contribution is -0.384. The molecule has 6 nitrogen and oxygen atoms in total. The van der Waals surface area contributed by atoms with Gasteiger partial charge in [-0.3, -0.25) is 14.9 Å². The number of piperazine rings is 1. The summed E-state index contributed by atoms with van der Waals surface area (Å²) < 4.78 is 0. The molecule has 0 spiro atoms. The van der Waals surface area contributed by atoms with E-state index in [-0.39, 0.29) is 11.6 Å². The monoisotopic (exact) mass is 379 g/mol. The first kappa shape index (κ1) is 17.5. The molecule has 0 aromatic heterocycles. The normalized spacial score (nSPS) is 14.5. The Morgan fingerprint density at radius 1 is 1.04 bits per heavy atom. The van der Waals surface area contributed by atoms with Crippen molar-refractivity contribution in [3.05, 3.63) is 68.2 Å². The fourth-order valence-corrected chi connectivity index (χ4v) is 3.30. The number of non-ortho nitro benzene ring substituents is 1. The van der Waals surface area contributed by atoms with Crippen LogP contribution in [0, 0.1) is 10.1 Å². The fourth-order valence-electron chi connectivity index (χ4n) is 2.82. The third-order valence-electron chi connectivity index (χ3n) is 4.12. The number of benzene rings is 2. The van der Waals surface area contributed by atoms with E-state index < -0.39 is 4.92 Å². The molecule has 1 heterocycles. The molecule has 2 aromatic carbocycles. The van der Waals surface area contributed by atoms with Gasteiger partial charge in [-0.15, -0.1) is 0 Å². The largest absolute Gasteiger partial charge is 0.367 e. The minimum atomic E-state index is -0.475. The summed E-state index contributed by atoms with van der Waals surface area (Å²) in [6, 6.07) is 11.3. The number of carbonyl (C=O) groups is 1. The van der Waals surface area contributed by atoms with E-state index in [4.69, 9.17) is 23.2 Å². The number of anilines is 1. The molecule has 8 heteroatoms. The van der Waals surface area contributed by atoms with Gasteiger partial charge in [-0.25, -0.2) is 0 Å². The topological polar surface area (TPSA) is 66.7 Å². The Morgan fingerprint density at radius 3 is 2.36 bits per heavy atom. The van der Waals surface area contributed by atoms with Crippen molar-refractivity contribution in [2.24, 2.45) is 0 Å². The van der Waals surface area contributed by atoms with Crippen LogP contribution < -0.4 is 4.90 Å². The van der Waals surface area contributed by atoms with E-state index >= 15 is 0 Å². The van der Waals surface area contributed by atoms with Crippen molar-refractivity contribution >= 4 is 40.5 Å². The number of hydrogen-bond donors (Lipinski definition) is 0. The van der Waals surface area contributed by atoms with Crippen molar-refractivity contribution < 1.29 is 9.72 Å². The minimum absolute atomic E-state index is 0.0384. The maximum atomic E-state index is 12.5. The van der Waals surface area contributed by atoms with Crippen LogP contribution in [-0.2, 0) is 0 Å². The van der Waals surface area contributed by atoms with Gasteiger partial charge in [0.25, 0.3) is 11.6 Å². The van der Waals surface area contributed by atoms with Gasteiger partial charge in [0.1, 0.15) is 0 Å². The van der Waals surface area contributed by atoms with Crippen LogP contribution in [0.1, 0.15) is 10.4 Å². The molecule has 25 heavy (non-hydrogen) atoms. The average Bonchev–Trinajstić information content (AvgIpc) is 2.61. The second kappa shape index (κ2) is 7.29. The van der Waals surface area contributed by atoms with Gasteiger partial charge in [-0.05, 0) is 24.3 Å². The highest BCUT2D eigenvalue weighted by Gasteiger charge is 2.24. The van der Waals surface area contributed by atoms with Crippen molar-refractivity contribution in [2.75, 3.05) is 31.1 Å². The summed E-state index contributed by atoms with van der Waals surface area (Å²) in [6.45, 7) is 2.28. The molecule has 0 atom stereocenters. The highest BCUT2D eigenvalue weighted by molar-refractivity contribution is 6.33. The van der Waals surface area contributed by atoms with E-state index in [2.05, 4.69) is 0 Å². The molecule has 0 aliphatic carbocycles.